The highest BCUT2D eigenvalue weighted by Crippen LogP contribution is 2.27. The lowest BCUT2D eigenvalue weighted by Crippen LogP contribution is -2.52. The molecular weight excluding hydrogens is 428 g/mol. The fourth-order valence-corrected chi connectivity index (χ4v) is 4.72. The molecule has 0 aromatic heterocycles. The summed E-state index contributed by atoms with van der Waals surface area (Å²) in [5, 5.41) is 0.193. The number of nitrogens with one attached hydrogen (secondary N) is 1. The zero-order valence-electron chi connectivity index (χ0n) is 16.7. The molecule has 0 unspecified atom stereocenters. The van der Waals surface area contributed by atoms with Crippen LogP contribution >= 0.6 is 11.6 Å². The second-order valence-electron chi connectivity index (χ2n) is 6.83. The minimum Gasteiger partial charge on any atom is -0.492 e. The Morgan fingerprint density at radius 3 is 2.53 bits per heavy atom. The number of rotatable bonds is 8. The molecule has 0 spiro atoms. The van der Waals surface area contributed by atoms with Gasteiger partial charge in [-0.3, -0.25) is 4.79 Å². The Kier molecular flexibility index (Phi) is 7.71. The molecule has 1 atom stereocenters. The number of morpholine rings is 1. The van der Waals surface area contributed by atoms with Gasteiger partial charge in [-0.2, -0.15) is 4.72 Å². The Balaban J connectivity index is 1.85. The van der Waals surface area contributed by atoms with E-state index in [1.54, 1.807) is 4.90 Å². The molecule has 9 heteroatoms. The standard InChI is InChI=1S/C21H25ClN2O5S/c1-2-29-20-9-8-17(15-18(20)22)30(26,27)23-19(14-16-6-4-3-5-7-16)21(25)24-10-12-28-13-11-24/h3-9,15,19,23H,2,10-14H2,1H3/t19-/m1/s1. The number of nitrogens with zero attached hydrogens (tertiary/aromatic N) is 1. The first-order chi connectivity index (χ1) is 14.4. The quantitative estimate of drug-likeness (QED) is 0.665. The Labute approximate surface area is 182 Å². The molecule has 0 aliphatic carbocycles. The molecule has 1 amide bonds. The van der Waals surface area contributed by atoms with E-state index in [4.69, 9.17) is 21.1 Å². The molecule has 1 fully saturated rings. The maximum atomic E-state index is 13.1. The molecule has 0 saturated carbocycles. The van der Waals surface area contributed by atoms with Crippen LogP contribution in [-0.4, -0.2) is 58.2 Å². The molecule has 30 heavy (non-hydrogen) atoms. The minimum absolute atomic E-state index is 0.0243. The maximum absolute atomic E-state index is 13.1. The summed E-state index contributed by atoms with van der Waals surface area (Å²) in [6.45, 7) is 3.96. The Hall–Kier alpha value is -2.13. The largest absolute Gasteiger partial charge is 0.492 e. The Morgan fingerprint density at radius 1 is 1.20 bits per heavy atom. The lowest BCUT2D eigenvalue weighted by atomic mass is 10.1. The van der Waals surface area contributed by atoms with Gasteiger partial charge in [-0.25, -0.2) is 8.42 Å². The number of hydrogen-bond donors (Lipinski definition) is 1. The van der Waals surface area contributed by atoms with Gasteiger partial charge in [-0.05, 0) is 37.1 Å². The molecule has 1 heterocycles. The Morgan fingerprint density at radius 2 is 1.90 bits per heavy atom. The molecule has 1 aliphatic heterocycles. The van der Waals surface area contributed by atoms with E-state index in [0.717, 1.165) is 5.56 Å². The van der Waals surface area contributed by atoms with Gasteiger partial charge in [-0.15, -0.1) is 0 Å². The minimum atomic E-state index is -3.99. The number of ether oxygens (including phenoxy) is 2. The van der Waals surface area contributed by atoms with Crippen LogP contribution in [0.25, 0.3) is 0 Å². The van der Waals surface area contributed by atoms with Crippen molar-refractivity contribution in [2.45, 2.75) is 24.3 Å². The topological polar surface area (TPSA) is 84.9 Å². The van der Waals surface area contributed by atoms with Crippen LogP contribution < -0.4 is 9.46 Å². The van der Waals surface area contributed by atoms with Gasteiger partial charge < -0.3 is 14.4 Å². The highest BCUT2D eigenvalue weighted by Gasteiger charge is 2.30. The second kappa shape index (κ2) is 10.3. The number of hydrogen-bond acceptors (Lipinski definition) is 5. The summed E-state index contributed by atoms with van der Waals surface area (Å²) in [7, 11) is -3.99. The summed E-state index contributed by atoms with van der Waals surface area (Å²) >= 11 is 6.16. The van der Waals surface area contributed by atoms with Crippen molar-refractivity contribution < 1.29 is 22.7 Å². The van der Waals surface area contributed by atoms with Gasteiger partial charge in [0, 0.05) is 13.1 Å². The van der Waals surface area contributed by atoms with E-state index in [0.29, 0.717) is 38.7 Å². The molecule has 1 N–H and O–H groups in total. The van der Waals surface area contributed by atoms with Gasteiger partial charge in [-0.1, -0.05) is 41.9 Å². The number of carbonyl (C=O) groups is 1. The van der Waals surface area contributed by atoms with E-state index in [2.05, 4.69) is 4.72 Å². The Bertz CT molecular complexity index is 963. The molecule has 162 valence electrons. The van der Waals surface area contributed by atoms with Crippen molar-refractivity contribution in [3.63, 3.8) is 0 Å². The number of amides is 1. The molecule has 7 nitrogen and oxygen atoms in total. The third kappa shape index (κ3) is 5.72. The molecule has 2 aromatic carbocycles. The van der Waals surface area contributed by atoms with E-state index in [9.17, 15) is 13.2 Å². The van der Waals surface area contributed by atoms with Crippen LogP contribution in [0.5, 0.6) is 5.75 Å². The van der Waals surface area contributed by atoms with Gasteiger partial charge in [0.2, 0.25) is 15.9 Å². The highest BCUT2D eigenvalue weighted by atomic mass is 35.5. The van der Waals surface area contributed by atoms with Crippen LogP contribution in [0, 0.1) is 0 Å². The predicted molar refractivity (Wildman–Crippen MR) is 114 cm³/mol. The van der Waals surface area contributed by atoms with Crippen molar-refractivity contribution in [2.24, 2.45) is 0 Å². The predicted octanol–water partition coefficient (Wildman–Crippen LogP) is 2.49. The van der Waals surface area contributed by atoms with Gasteiger partial charge in [0.05, 0.1) is 29.7 Å². The van der Waals surface area contributed by atoms with Crippen LogP contribution in [0.1, 0.15) is 12.5 Å². The number of halogens is 1. The van der Waals surface area contributed by atoms with Crippen molar-refractivity contribution in [3.05, 3.63) is 59.1 Å². The fraction of sp³-hybridized carbons (Fsp3) is 0.381. The van der Waals surface area contributed by atoms with Crippen molar-refractivity contribution in [1.29, 1.82) is 0 Å². The average Bonchev–Trinajstić information content (AvgIpc) is 2.75. The summed E-state index contributed by atoms with van der Waals surface area (Å²) in [4.78, 5) is 14.7. The second-order valence-corrected chi connectivity index (χ2v) is 8.95. The van der Waals surface area contributed by atoms with Gasteiger partial charge in [0.1, 0.15) is 11.8 Å². The van der Waals surface area contributed by atoms with Crippen molar-refractivity contribution >= 4 is 27.5 Å². The molecule has 3 rings (SSSR count). The summed E-state index contributed by atoms with van der Waals surface area (Å²) in [6, 6.07) is 12.6. The third-order valence-corrected chi connectivity index (χ3v) is 6.48. The van der Waals surface area contributed by atoms with Crippen LogP contribution in [0.2, 0.25) is 5.02 Å². The van der Waals surface area contributed by atoms with Gasteiger partial charge in [0.15, 0.2) is 0 Å². The van der Waals surface area contributed by atoms with Crippen molar-refractivity contribution in [3.8, 4) is 5.75 Å². The van der Waals surface area contributed by atoms with Crippen LogP contribution in [-0.2, 0) is 26.0 Å². The third-order valence-electron chi connectivity index (χ3n) is 4.71. The zero-order valence-corrected chi connectivity index (χ0v) is 18.3. The number of carbonyl (C=O) groups excluding carboxylic acids is 1. The highest BCUT2D eigenvalue weighted by molar-refractivity contribution is 7.89. The van der Waals surface area contributed by atoms with E-state index < -0.39 is 16.1 Å². The average molecular weight is 453 g/mol. The van der Waals surface area contributed by atoms with Crippen LogP contribution in [0.3, 0.4) is 0 Å². The molecule has 1 saturated heterocycles. The van der Waals surface area contributed by atoms with Crippen molar-refractivity contribution in [2.75, 3.05) is 32.9 Å². The first-order valence-corrected chi connectivity index (χ1v) is 11.6. The molecule has 0 bridgehead atoms. The summed E-state index contributed by atoms with van der Waals surface area (Å²) < 4.78 is 39.3. The molecular formula is C21H25ClN2O5S. The summed E-state index contributed by atoms with van der Waals surface area (Å²) in [5.74, 6) is 0.131. The van der Waals surface area contributed by atoms with E-state index in [1.165, 1.54) is 18.2 Å². The fourth-order valence-electron chi connectivity index (χ4n) is 3.21. The van der Waals surface area contributed by atoms with Crippen LogP contribution in [0.4, 0.5) is 0 Å². The van der Waals surface area contributed by atoms with E-state index >= 15 is 0 Å². The van der Waals surface area contributed by atoms with Crippen molar-refractivity contribution in [1.82, 2.24) is 9.62 Å². The van der Waals surface area contributed by atoms with E-state index in [-0.39, 0.29) is 22.2 Å². The van der Waals surface area contributed by atoms with Gasteiger partial charge >= 0.3 is 0 Å². The first-order valence-electron chi connectivity index (χ1n) is 9.76. The lowest BCUT2D eigenvalue weighted by Gasteiger charge is -2.30. The monoisotopic (exact) mass is 452 g/mol. The smallest absolute Gasteiger partial charge is 0.241 e. The SMILES string of the molecule is CCOc1ccc(S(=O)(=O)N[C@H](Cc2ccccc2)C(=O)N2CCOCC2)cc1Cl. The molecule has 1 aliphatic rings. The molecule has 2 aromatic rings. The maximum Gasteiger partial charge on any atom is 0.241 e. The van der Waals surface area contributed by atoms with Crippen LogP contribution in [0.15, 0.2) is 53.4 Å². The lowest BCUT2D eigenvalue weighted by molar-refractivity contribution is -0.137. The number of sulfonamides is 1. The summed E-state index contributed by atoms with van der Waals surface area (Å²) in [6.07, 6.45) is 0.237. The zero-order chi connectivity index (χ0) is 21.6. The molecule has 0 radical (unpaired) electrons. The van der Waals surface area contributed by atoms with E-state index in [1.807, 2.05) is 37.3 Å². The first kappa shape index (κ1) is 22.6. The number of benzene rings is 2. The normalized spacial score (nSPS) is 15.6. The van der Waals surface area contributed by atoms with Gasteiger partial charge in [0.25, 0.3) is 0 Å². The summed E-state index contributed by atoms with van der Waals surface area (Å²) in [5.41, 5.74) is 0.858.